The Labute approximate surface area is 110 Å². The SMILES string of the molecule is OC(c1ccc2c(c1)OCO2)c1scnc1Br. The molecule has 0 saturated carbocycles. The highest BCUT2D eigenvalue weighted by atomic mass is 79.9. The van der Waals surface area contributed by atoms with E-state index in [1.165, 1.54) is 11.3 Å². The number of hydrogen-bond donors (Lipinski definition) is 1. The van der Waals surface area contributed by atoms with E-state index in [1.807, 2.05) is 6.07 Å². The molecule has 0 radical (unpaired) electrons. The second-order valence-corrected chi connectivity index (χ2v) is 5.16. The van der Waals surface area contributed by atoms with Crippen LogP contribution in [0.3, 0.4) is 0 Å². The van der Waals surface area contributed by atoms with Crippen molar-refractivity contribution in [3.63, 3.8) is 0 Å². The Bertz CT molecular complexity index is 557. The van der Waals surface area contributed by atoms with E-state index in [4.69, 9.17) is 9.47 Å². The lowest BCUT2D eigenvalue weighted by Gasteiger charge is -2.09. The third-order valence-corrected chi connectivity index (χ3v) is 4.29. The quantitative estimate of drug-likeness (QED) is 0.926. The van der Waals surface area contributed by atoms with Crippen LogP contribution in [0.2, 0.25) is 0 Å². The lowest BCUT2D eigenvalue weighted by molar-refractivity contribution is 0.173. The number of aliphatic hydroxyl groups is 1. The molecule has 2 heterocycles. The minimum atomic E-state index is -0.702. The molecule has 1 N–H and O–H groups in total. The van der Waals surface area contributed by atoms with Crippen molar-refractivity contribution in [1.82, 2.24) is 4.98 Å². The van der Waals surface area contributed by atoms with E-state index >= 15 is 0 Å². The van der Waals surface area contributed by atoms with Gasteiger partial charge in [-0.2, -0.15) is 0 Å². The van der Waals surface area contributed by atoms with Crippen molar-refractivity contribution in [3.05, 3.63) is 38.8 Å². The summed E-state index contributed by atoms with van der Waals surface area (Å²) < 4.78 is 11.2. The zero-order valence-corrected chi connectivity index (χ0v) is 11.0. The maximum atomic E-state index is 10.2. The van der Waals surface area contributed by atoms with Gasteiger partial charge in [-0.1, -0.05) is 6.07 Å². The van der Waals surface area contributed by atoms with Gasteiger partial charge in [-0.05, 0) is 33.6 Å². The third kappa shape index (κ3) is 1.92. The number of hydrogen-bond acceptors (Lipinski definition) is 5. The van der Waals surface area contributed by atoms with E-state index in [9.17, 15) is 5.11 Å². The second kappa shape index (κ2) is 4.29. The molecule has 1 aromatic heterocycles. The maximum absolute atomic E-state index is 10.2. The van der Waals surface area contributed by atoms with Crippen LogP contribution in [0, 0.1) is 0 Å². The summed E-state index contributed by atoms with van der Waals surface area (Å²) in [7, 11) is 0. The van der Waals surface area contributed by atoms with Crippen LogP contribution < -0.4 is 9.47 Å². The summed E-state index contributed by atoms with van der Waals surface area (Å²) in [6, 6.07) is 5.42. The van der Waals surface area contributed by atoms with Gasteiger partial charge in [0.2, 0.25) is 6.79 Å². The summed E-state index contributed by atoms with van der Waals surface area (Å²) in [4.78, 5) is 4.84. The highest BCUT2D eigenvalue weighted by Gasteiger charge is 2.20. The first kappa shape index (κ1) is 11.0. The summed E-state index contributed by atoms with van der Waals surface area (Å²) >= 11 is 4.72. The summed E-state index contributed by atoms with van der Waals surface area (Å²) in [6.07, 6.45) is -0.702. The van der Waals surface area contributed by atoms with Gasteiger partial charge in [0.15, 0.2) is 11.5 Å². The van der Waals surface area contributed by atoms with Gasteiger partial charge in [-0.3, -0.25) is 0 Å². The first-order valence-corrected chi connectivity index (χ1v) is 6.59. The molecule has 1 aliphatic rings. The normalized spacial score (nSPS) is 14.9. The molecule has 4 nitrogen and oxygen atoms in total. The average Bonchev–Trinajstić information content (AvgIpc) is 2.95. The van der Waals surface area contributed by atoms with Crippen LogP contribution in [0.25, 0.3) is 0 Å². The van der Waals surface area contributed by atoms with E-state index in [-0.39, 0.29) is 6.79 Å². The number of ether oxygens (including phenoxy) is 2. The summed E-state index contributed by atoms with van der Waals surface area (Å²) in [5, 5.41) is 10.2. The van der Waals surface area contributed by atoms with Crippen LogP contribution in [0.4, 0.5) is 0 Å². The highest BCUT2D eigenvalue weighted by molar-refractivity contribution is 9.10. The monoisotopic (exact) mass is 313 g/mol. The van der Waals surface area contributed by atoms with Crippen molar-refractivity contribution in [2.75, 3.05) is 6.79 Å². The van der Waals surface area contributed by atoms with E-state index in [0.29, 0.717) is 16.1 Å². The topological polar surface area (TPSA) is 51.6 Å². The number of rotatable bonds is 2. The molecule has 0 aliphatic carbocycles. The Hall–Kier alpha value is -1.11. The first-order valence-electron chi connectivity index (χ1n) is 4.92. The van der Waals surface area contributed by atoms with Crippen LogP contribution in [-0.4, -0.2) is 16.9 Å². The number of halogens is 1. The summed E-state index contributed by atoms with van der Waals surface area (Å²) in [6.45, 7) is 0.235. The Morgan fingerprint density at radius 2 is 2.18 bits per heavy atom. The van der Waals surface area contributed by atoms with Gasteiger partial charge in [0.1, 0.15) is 10.7 Å². The molecule has 3 rings (SSSR count). The highest BCUT2D eigenvalue weighted by Crippen LogP contribution is 2.37. The van der Waals surface area contributed by atoms with Gasteiger partial charge in [0.25, 0.3) is 0 Å². The fourth-order valence-electron chi connectivity index (χ4n) is 1.65. The number of aromatic nitrogens is 1. The van der Waals surface area contributed by atoms with Crippen molar-refractivity contribution in [2.24, 2.45) is 0 Å². The van der Waals surface area contributed by atoms with Gasteiger partial charge in [0.05, 0.1) is 10.4 Å². The molecule has 1 unspecified atom stereocenters. The molecular weight excluding hydrogens is 306 g/mol. The van der Waals surface area contributed by atoms with Gasteiger partial charge < -0.3 is 14.6 Å². The summed E-state index contributed by atoms with van der Waals surface area (Å²) in [5.74, 6) is 1.38. The second-order valence-electron chi connectivity index (χ2n) is 3.52. The van der Waals surface area contributed by atoms with E-state index in [2.05, 4.69) is 20.9 Å². The Kier molecular flexibility index (Phi) is 2.78. The van der Waals surface area contributed by atoms with Crippen LogP contribution in [-0.2, 0) is 0 Å². The molecule has 1 atom stereocenters. The average molecular weight is 314 g/mol. The van der Waals surface area contributed by atoms with E-state index in [0.717, 1.165) is 10.4 Å². The number of thiazole rings is 1. The standard InChI is InChI=1S/C11H8BrNO3S/c12-11-10(17-4-13-11)9(14)6-1-2-7-8(3-6)16-5-15-7/h1-4,9,14H,5H2. The smallest absolute Gasteiger partial charge is 0.231 e. The molecular formula is C11H8BrNO3S. The predicted octanol–water partition coefficient (Wildman–Crippen LogP) is 2.72. The summed E-state index contributed by atoms with van der Waals surface area (Å²) in [5.41, 5.74) is 2.45. The van der Waals surface area contributed by atoms with Crippen molar-refractivity contribution in [2.45, 2.75) is 6.10 Å². The van der Waals surface area contributed by atoms with Gasteiger partial charge in [0, 0.05) is 0 Å². The Balaban J connectivity index is 1.97. The van der Waals surface area contributed by atoms with Crippen LogP contribution in [0.5, 0.6) is 11.5 Å². The van der Waals surface area contributed by atoms with Gasteiger partial charge >= 0.3 is 0 Å². The lowest BCUT2D eigenvalue weighted by atomic mass is 10.1. The fourth-order valence-corrected chi connectivity index (χ4v) is 3.08. The number of benzene rings is 1. The number of nitrogens with zero attached hydrogens (tertiary/aromatic N) is 1. The van der Waals surface area contributed by atoms with E-state index in [1.54, 1.807) is 17.6 Å². The molecule has 88 valence electrons. The molecule has 0 fully saturated rings. The molecule has 0 bridgehead atoms. The van der Waals surface area contributed by atoms with Crippen LogP contribution in [0.15, 0.2) is 28.3 Å². The largest absolute Gasteiger partial charge is 0.454 e. The maximum Gasteiger partial charge on any atom is 0.231 e. The van der Waals surface area contributed by atoms with E-state index < -0.39 is 6.10 Å². The fraction of sp³-hybridized carbons (Fsp3) is 0.182. The molecule has 2 aromatic rings. The molecule has 1 aliphatic heterocycles. The number of fused-ring (bicyclic) bond motifs is 1. The molecule has 17 heavy (non-hydrogen) atoms. The first-order chi connectivity index (χ1) is 8.25. The molecule has 0 amide bonds. The van der Waals surface area contributed by atoms with Crippen LogP contribution in [0.1, 0.15) is 16.5 Å². The third-order valence-electron chi connectivity index (χ3n) is 2.51. The zero-order valence-electron chi connectivity index (χ0n) is 8.59. The lowest BCUT2D eigenvalue weighted by Crippen LogP contribution is -1.98. The van der Waals surface area contributed by atoms with Crippen molar-refractivity contribution in [1.29, 1.82) is 0 Å². The van der Waals surface area contributed by atoms with Crippen molar-refractivity contribution in [3.8, 4) is 11.5 Å². The molecule has 6 heteroatoms. The zero-order chi connectivity index (χ0) is 11.8. The van der Waals surface area contributed by atoms with Gasteiger partial charge in [-0.25, -0.2) is 4.98 Å². The Morgan fingerprint density at radius 3 is 2.94 bits per heavy atom. The predicted molar refractivity (Wildman–Crippen MR) is 66.4 cm³/mol. The Morgan fingerprint density at radius 1 is 1.35 bits per heavy atom. The van der Waals surface area contributed by atoms with Crippen LogP contribution >= 0.6 is 27.3 Å². The van der Waals surface area contributed by atoms with Crippen molar-refractivity contribution < 1.29 is 14.6 Å². The minimum Gasteiger partial charge on any atom is -0.454 e. The van der Waals surface area contributed by atoms with Gasteiger partial charge in [-0.15, -0.1) is 11.3 Å². The molecule has 1 aromatic carbocycles. The van der Waals surface area contributed by atoms with Crippen molar-refractivity contribution >= 4 is 27.3 Å². The molecule has 0 spiro atoms. The molecule has 0 saturated heterocycles. The number of aliphatic hydroxyl groups excluding tert-OH is 1. The minimum absolute atomic E-state index is 0.235.